The minimum Gasteiger partial charge on any atom is -0.389 e. The van der Waals surface area contributed by atoms with Crippen LogP contribution in [-0.2, 0) is 0 Å². The van der Waals surface area contributed by atoms with E-state index in [1.54, 1.807) is 0 Å². The second kappa shape index (κ2) is 6.88. The number of aromatic nitrogens is 2. The number of aliphatic hydroxyl groups is 1. The number of rotatable bonds is 1. The molecule has 0 spiro atoms. The minimum absolute atomic E-state index is 0.0369. The number of anilines is 1. The molecule has 5 rings (SSSR count). The van der Waals surface area contributed by atoms with Crippen LogP contribution >= 0.6 is 0 Å². The molecule has 0 bridgehead atoms. The Kier molecular flexibility index (Phi) is 4.34. The lowest BCUT2D eigenvalue weighted by molar-refractivity contribution is -0.0763. The molecule has 7 nitrogen and oxygen atoms in total. The van der Waals surface area contributed by atoms with Crippen molar-refractivity contribution in [1.29, 1.82) is 0 Å². The Bertz CT molecular complexity index is 884. The summed E-state index contributed by atoms with van der Waals surface area (Å²) < 4.78 is 0. The molecule has 2 atom stereocenters. The molecule has 1 aromatic carbocycles. The van der Waals surface area contributed by atoms with Crippen LogP contribution in [0.1, 0.15) is 25.7 Å². The van der Waals surface area contributed by atoms with Crippen molar-refractivity contribution < 1.29 is 9.90 Å². The standard InChI is InChI=1S/C21H27N5O2/c27-20(24-9-3-4-10-24)26-12-8-21(28)7-11-25(14-16(21)15-26)19-13-22-17-5-1-2-6-18(17)23-19/h1-2,5-6,13,16,28H,3-4,7-12,14-15H2/t16-,21-/m1/s1. The zero-order chi connectivity index (χ0) is 19.1. The number of carbonyl (C=O) groups excluding carboxylic acids is 1. The minimum atomic E-state index is -0.678. The van der Waals surface area contributed by atoms with Crippen molar-refractivity contribution in [2.24, 2.45) is 5.92 Å². The fourth-order valence-electron chi connectivity index (χ4n) is 4.89. The van der Waals surface area contributed by atoms with Crippen LogP contribution < -0.4 is 4.90 Å². The van der Waals surface area contributed by atoms with Crippen LogP contribution in [0.4, 0.5) is 10.6 Å². The summed E-state index contributed by atoms with van der Waals surface area (Å²) in [5, 5.41) is 11.2. The van der Waals surface area contributed by atoms with Gasteiger partial charge in [-0.3, -0.25) is 4.98 Å². The predicted octanol–water partition coefficient (Wildman–Crippen LogP) is 2.11. The quantitative estimate of drug-likeness (QED) is 0.819. The number of hydrogen-bond donors (Lipinski definition) is 1. The summed E-state index contributed by atoms with van der Waals surface area (Å²) in [7, 11) is 0. The van der Waals surface area contributed by atoms with Gasteiger partial charge in [-0.05, 0) is 37.8 Å². The maximum atomic E-state index is 12.8. The molecule has 0 aliphatic carbocycles. The summed E-state index contributed by atoms with van der Waals surface area (Å²) >= 11 is 0. The van der Waals surface area contributed by atoms with E-state index in [4.69, 9.17) is 4.98 Å². The molecule has 2 aromatic rings. The van der Waals surface area contributed by atoms with E-state index >= 15 is 0 Å². The van der Waals surface area contributed by atoms with Gasteiger partial charge in [0.15, 0.2) is 0 Å². The van der Waals surface area contributed by atoms with Gasteiger partial charge in [0.05, 0.1) is 22.8 Å². The van der Waals surface area contributed by atoms with Gasteiger partial charge in [0.1, 0.15) is 5.82 Å². The highest BCUT2D eigenvalue weighted by atomic mass is 16.3. The summed E-state index contributed by atoms with van der Waals surface area (Å²) in [5.41, 5.74) is 1.10. The van der Waals surface area contributed by atoms with Crippen molar-refractivity contribution in [2.75, 3.05) is 44.2 Å². The van der Waals surface area contributed by atoms with E-state index in [2.05, 4.69) is 9.88 Å². The van der Waals surface area contributed by atoms with Crippen molar-refractivity contribution in [3.8, 4) is 0 Å². The molecule has 4 heterocycles. The molecule has 2 amide bonds. The Morgan fingerprint density at radius 1 is 1.00 bits per heavy atom. The van der Waals surface area contributed by atoms with Crippen LogP contribution in [0.2, 0.25) is 0 Å². The SMILES string of the molecule is O=C(N1CCCC1)N1CC[C@]2(O)CCN(c3cnc4ccccc4n3)C[C@@H]2C1. The average Bonchev–Trinajstić information content (AvgIpc) is 3.27. The first kappa shape index (κ1) is 17.7. The van der Waals surface area contributed by atoms with Gasteiger partial charge in [-0.1, -0.05) is 12.1 Å². The van der Waals surface area contributed by atoms with Gasteiger partial charge in [-0.15, -0.1) is 0 Å². The van der Waals surface area contributed by atoms with Crippen LogP contribution in [0.25, 0.3) is 11.0 Å². The van der Waals surface area contributed by atoms with Crippen LogP contribution in [0.5, 0.6) is 0 Å². The Morgan fingerprint density at radius 2 is 1.75 bits per heavy atom. The third-order valence-corrected chi connectivity index (χ3v) is 6.68. The van der Waals surface area contributed by atoms with E-state index in [1.165, 1.54) is 0 Å². The normalized spacial score (nSPS) is 27.9. The number of para-hydroxylation sites is 2. The van der Waals surface area contributed by atoms with Gasteiger partial charge in [0.2, 0.25) is 0 Å². The molecule has 1 N–H and O–H groups in total. The number of urea groups is 1. The summed E-state index contributed by atoms with van der Waals surface area (Å²) in [5.74, 6) is 0.888. The summed E-state index contributed by atoms with van der Waals surface area (Å²) in [6, 6.07) is 8.01. The fraction of sp³-hybridized carbons (Fsp3) is 0.571. The molecular weight excluding hydrogens is 354 g/mol. The van der Waals surface area contributed by atoms with E-state index in [9.17, 15) is 9.90 Å². The van der Waals surface area contributed by atoms with E-state index in [0.717, 1.165) is 49.3 Å². The highest BCUT2D eigenvalue weighted by Gasteiger charge is 2.46. The van der Waals surface area contributed by atoms with Crippen molar-refractivity contribution in [3.05, 3.63) is 30.5 Å². The van der Waals surface area contributed by atoms with Crippen molar-refractivity contribution in [1.82, 2.24) is 19.8 Å². The van der Waals surface area contributed by atoms with Gasteiger partial charge < -0.3 is 19.8 Å². The number of carbonyl (C=O) groups is 1. The van der Waals surface area contributed by atoms with Crippen LogP contribution in [0.3, 0.4) is 0 Å². The maximum absolute atomic E-state index is 12.8. The lowest BCUT2D eigenvalue weighted by Crippen LogP contribution is -2.62. The predicted molar refractivity (Wildman–Crippen MR) is 107 cm³/mol. The van der Waals surface area contributed by atoms with Gasteiger partial charge in [-0.25, -0.2) is 9.78 Å². The number of likely N-dealkylation sites (tertiary alicyclic amines) is 2. The molecule has 7 heteroatoms. The first-order valence-corrected chi connectivity index (χ1v) is 10.4. The van der Waals surface area contributed by atoms with Crippen LogP contribution in [0, 0.1) is 5.92 Å². The monoisotopic (exact) mass is 381 g/mol. The molecule has 3 aliphatic heterocycles. The van der Waals surface area contributed by atoms with Crippen molar-refractivity contribution in [3.63, 3.8) is 0 Å². The van der Waals surface area contributed by atoms with Crippen molar-refractivity contribution >= 4 is 22.9 Å². The lowest BCUT2D eigenvalue weighted by atomic mass is 9.75. The second-order valence-electron chi connectivity index (χ2n) is 8.39. The first-order valence-electron chi connectivity index (χ1n) is 10.4. The number of hydrogen-bond acceptors (Lipinski definition) is 5. The zero-order valence-electron chi connectivity index (χ0n) is 16.1. The Hall–Kier alpha value is -2.41. The largest absolute Gasteiger partial charge is 0.389 e. The number of amides is 2. The molecule has 0 radical (unpaired) electrons. The molecule has 148 valence electrons. The fourth-order valence-corrected chi connectivity index (χ4v) is 4.89. The second-order valence-corrected chi connectivity index (χ2v) is 8.39. The average molecular weight is 381 g/mol. The highest BCUT2D eigenvalue weighted by molar-refractivity contribution is 5.76. The number of benzene rings is 1. The molecule has 3 saturated heterocycles. The molecule has 1 aromatic heterocycles. The van der Waals surface area contributed by atoms with Gasteiger partial charge in [-0.2, -0.15) is 0 Å². The first-order chi connectivity index (χ1) is 13.6. The topological polar surface area (TPSA) is 72.8 Å². The number of fused-ring (bicyclic) bond motifs is 2. The molecule has 3 fully saturated rings. The zero-order valence-corrected chi connectivity index (χ0v) is 16.1. The van der Waals surface area contributed by atoms with Crippen LogP contribution in [-0.4, -0.2) is 75.8 Å². The third-order valence-electron chi connectivity index (χ3n) is 6.68. The number of nitrogens with zero attached hydrogens (tertiary/aromatic N) is 5. The van der Waals surface area contributed by atoms with E-state index in [0.29, 0.717) is 32.5 Å². The summed E-state index contributed by atoms with van der Waals surface area (Å²) in [6.07, 6.45) is 5.39. The molecule has 0 saturated carbocycles. The molecule has 0 unspecified atom stereocenters. The van der Waals surface area contributed by atoms with Crippen molar-refractivity contribution in [2.45, 2.75) is 31.3 Å². The molecular formula is C21H27N5O2. The number of piperidine rings is 2. The van der Waals surface area contributed by atoms with E-state index < -0.39 is 5.60 Å². The maximum Gasteiger partial charge on any atom is 0.320 e. The Labute approximate surface area is 165 Å². The third kappa shape index (κ3) is 3.07. The molecule has 28 heavy (non-hydrogen) atoms. The molecule has 3 aliphatic rings. The van der Waals surface area contributed by atoms with Gasteiger partial charge in [0.25, 0.3) is 0 Å². The summed E-state index contributed by atoms with van der Waals surface area (Å²) in [4.78, 5) is 28.2. The smallest absolute Gasteiger partial charge is 0.320 e. The van der Waals surface area contributed by atoms with Crippen LogP contribution in [0.15, 0.2) is 30.5 Å². The Morgan fingerprint density at radius 3 is 2.57 bits per heavy atom. The lowest BCUT2D eigenvalue weighted by Gasteiger charge is -2.50. The van der Waals surface area contributed by atoms with E-state index in [-0.39, 0.29) is 11.9 Å². The highest BCUT2D eigenvalue weighted by Crippen LogP contribution is 2.37. The van der Waals surface area contributed by atoms with Gasteiger partial charge in [0, 0.05) is 45.2 Å². The Balaban J connectivity index is 1.33. The summed E-state index contributed by atoms with van der Waals surface area (Å²) in [6.45, 7) is 4.46. The van der Waals surface area contributed by atoms with E-state index in [1.807, 2.05) is 40.3 Å². The van der Waals surface area contributed by atoms with Gasteiger partial charge >= 0.3 is 6.03 Å².